The first-order valence-electron chi connectivity index (χ1n) is 5.54. The molecule has 0 aliphatic carbocycles. The van der Waals surface area contributed by atoms with E-state index in [-0.39, 0.29) is 10.6 Å². The molecule has 18 heavy (non-hydrogen) atoms. The molecule has 2 aromatic carbocycles. The molecule has 0 amide bonds. The number of nitrogens with zero attached hydrogens (tertiary/aromatic N) is 1. The van der Waals surface area contributed by atoms with E-state index in [1.165, 1.54) is 17.2 Å². The fourth-order valence-corrected chi connectivity index (χ4v) is 2.23. The molecule has 0 radical (unpaired) electrons. The molecule has 0 unspecified atom stereocenters. The number of halogens is 1. The number of non-ortho nitro benzene ring substituents is 1. The zero-order valence-corrected chi connectivity index (χ0v) is 11.5. The Morgan fingerprint density at radius 1 is 1.17 bits per heavy atom. The Kier molecular flexibility index (Phi) is 3.77. The van der Waals surface area contributed by atoms with Crippen molar-refractivity contribution in [1.29, 1.82) is 0 Å². The van der Waals surface area contributed by atoms with Crippen molar-refractivity contribution in [3.8, 4) is 0 Å². The van der Waals surface area contributed by atoms with Crippen LogP contribution in [-0.2, 0) is 6.42 Å². The first-order chi connectivity index (χ1) is 8.56. The van der Waals surface area contributed by atoms with E-state index in [1.54, 1.807) is 12.1 Å². The van der Waals surface area contributed by atoms with Crippen molar-refractivity contribution in [3.63, 3.8) is 0 Å². The molecule has 0 aliphatic rings. The quantitative estimate of drug-likeness (QED) is 0.628. The van der Waals surface area contributed by atoms with Crippen LogP contribution < -0.4 is 0 Å². The van der Waals surface area contributed by atoms with Crippen LogP contribution in [-0.4, -0.2) is 4.92 Å². The summed E-state index contributed by atoms with van der Waals surface area (Å²) in [5.41, 5.74) is 3.57. The zero-order valence-electron chi connectivity index (χ0n) is 9.89. The Morgan fingerprint density at radius 3 is 2.39 bits per heavy atom. The van der Waals surface area contributed by atoms with Gasteiger partial charge in [-0.3, -0.25) is 10.1 Å². The average molecular weight is 306 g/mol. The van der Waals surface area contributed by atoms with Crippen LogP contribution in [0.2, 0.25) is 0 Å². The van der Waals surface area contributed by atoms with Crippen molar-refractivity contribution in [3.05, 3.63) is 73.7 Å². The van der Waals surface area contributed by atoms with E-state index in [2.05, 4.69) is 40.2 Å². The predicted molar refractivity (Wildman–Crippen MR) is 74.8 cm³/mol. The highest BCUT2D eigenvalue weighted by atomic mass is 79.9. The molecular weight excluding hydrogens is 294 g/mol. The molecule has 0 bridgehead atoms. The van der Waals surface area contributed by atoms with Crippen molar-refractivity contribution in [2.75, 3.05) is 0 Å². The molecule has 0 atom stereocenters. The lowest BCUT2D eigenvalue weighted by Crippen LogP contribution is -1.93. The third-order valence-corrected chi connectivity index (χ3v) is 3.50. The molecule has 0 aromatic heterocycles. The summed E-state index contributed by atoms with van der Waals surface area (Å²) in [5.74, 6) is 0. The van der Waals surface area contributed by atoms with Gasteiger partial charge < -0.3 is 0 Å². The molecule has 0 aliphatic heterocycles. The van der Waals surface area contributed by atoms with Crippen molar-refractivity contribution in [2.24, 2.45) is 0 Å². The highest BCUT2D eigenvalue weighted by Gasteiger charge is 2.09. The Bertz CT molecular complexity index is 579. The molecule has 0 heterocycles. The first kappa shape index (κ1) is 12.8. The normalized spacial score (nSPS) is 10.3. The van der Waals surface area contributed by atoms with E-state index in [0.717, 1.165) is 16.5 Å². The molecule has 2 aromatic rings. The maximum absolute atomic E-state index is 10.6. The largest absolute Gasteiger partial charge is 0.270 e. The summed E-state index contributed by atoms with van der Waals surface area (Å²) in [6.45, 7) is 2.05. The number of hydrogen-bond donors (Lipinski definition) is 0. The summed E-state index contributed by atoms with van der Waals surface area (Å²) in [5, 5.41) is 10.6. The summed E-state index contributed by atoms with van der Waals surface area (Å²) in [6.07, 6.45) is 0.763. The number of hydrogen-bond acceptors (Lipinski definition) is 2. The van der Waals surface area contributed by atoms with Gasteiger partial charge in [0.2, 0.25) is 0 Å². The molecule has 0 fully saturated rings. The molecule has 3 nitrogen and oxygen atoms in total. The van der Waals surface area contributed by atoms with Gasteiger partial charge in [-0.2, -0.15) is 0 Å². The topological polar surface area (TPSA) is 43.1 Å². The van der Waals surface area contributed by atoms with Gasteiger partial charge in [-0.05, 0) is 24.5 Å². The minimum absolute atomic E-state index is 0.106. The maximum atomic E-state index is 10.6. The number of rotatable bonds is 3. The smallest absolute Gasteiger partial charge is 0.258 e. The van der Waals surface area contributed by atoms with Crippen LogP contribution in [0.15, 0.2) is 46.9 Å². The molecular formula is C14H12BrNO2. The number of nitro groups is 1. The van der Waals surface area contributed by atoms with Gasteiger partial charge in [0.1, 0.15) is 0 Å². The second-order valence-corrected chi connectivity index (χ2v) is 5.05. The Hall–Kier alpha value is -1.68. The minimum atomic E-state index is -0.388. The van der Waals surface area contributed by atoms with E-state index in [9.17, 15) is 10.1 Å². The van der Waals surface area contributed by atoms with Gasteiger partial charge >= 0.3 is 0 Å². The third-order valence-electron chi connectivity index (χ3n) is 2.76. The summed E-state index contributed by atoms with van der Waals surface area (Å²) in [7, 11) is 0. The first-order valence-corrected chi connectivity index (χ1v) is 6.34. The third kappa shape index (κ3) is 2.96. The van der Waals surface area contributed by atoms with E-state index in [0.29, 0.717) is 0 Å². The van der Waals surface area contributed by atoms with Crippen LogP contribution in [0.25, 0.3) is 0 Å². The lowest BCUT2D eigenvalue weighted by molar-refractivity contribution is -0.384. The summed E-state index contributed by atoms with van der Waals surface area (Å²) in [4.78, 5) is 10.3. The van der Waals surface area contributed by atoms with E-state index in [1.807, 2.05) is 6.92 Å². The van der Waals surface area contributed by atoms with Crippen LogP contribution in [0, 0.1) is 17.0 Å². The van der Waals surface area contributed by atoms with E-state index >= 15 is 0 Å². The van der Waals surface area contributed by atoms with E-state index < -0.39 is 0 Å². The van der Waals surface area contributed by atoms with Gasteiger partial charge in [-0.25, -0.2) is 0 Å². The highest BCUT2D eigenvalue weighted by molar-refractivity contribution is 9.10. The summed E-state index contributed by atoms with van der Waals surface area (Å²) < 4.78 is 0.775. The molecule has 0 saturated carbocycles. The second kappa shape index (κ2) is 5.31. The highest BCUT2D eigenvalue weighted by Crippen LogP contribution is 2.25. The van der Waals surface area contributed by atoms with Gasteiger partial charge in [0, 0.05) is 16.6 Å². The van der Waals surface area contributed by atoms with Gasteiger partial charge in [0.15, 0.2) is 0 Å². The fraction of sp³-hybridized carbons (Fsp3) is 0.143. The van der Waals surface area contributed by atoms with Gasteiger partial charge in [-0.1, -0.05) is 51.8 Å². The Morgan fingerprint density at radius 2 is 1.83 bits per heavy atom. The standard InChI is InChI=1S/C14H12BrNO2/c1-10-2-4-11(5-3-10)8-12-6-7-13(16(17)18)9-14(12)15/h2-7,9H,8H2,1H3. The van der Waals surface area contributed by atoms with E-state index in [4.69, 9.17) is 0 Å². The molecule has 0 saturated heterocycles. The number of nitro benzene ring substituents is 1. The maximum Gasteiger partial charge on any atom is 0.270 e. The van der Waals surface area contributed by atoms with Crippen LogP contribution in [0.4, 0.5) is 5.69 Å². The zero-order chi connectivity index (χ0) is 13.1. The molecule has 0 spiro atoms. The molecule has 2 rings (SSSR count). The lowest BCUT2D eigenvalue weighted by atomic mass is 10.0. The minimum Gasteiger partial charge on any atom is -0.258 e. The predicted octanol–water partition coefficient (Wildman–Crippen LogP) is 4.26. The molecule has 92 valence electrons. The SMILES string of the molecule is Cc1ccc(Cc2ccc([N+](=O)[O-])cc2Br)cc1. The van der Waals surface area contributed by atoms with Crippen molar-refractivity contribution >= 4 is 21.6 Å². The van der Waals surface area contributed by atoms with Crippen LogP contribution >= 0.6 is 15.9 Å². The van der Waals surface area contributed by atoms with Gasteiger partial charge in [-0.15, -0.1) is 0 Å². The Balaban J connectivity index is 2.24. The van der Waals surface area contributed by atoms with Crippen molar-refractivity contribution < 1.29 is 4.92 Å². The van der Waals surface area contributed by atoms with Crippen LogP contribution in [0.3, 0.4) is 0 Å². The molecule has 4 heteroatoms. The fourth-order valence-electron chi connectivity index (χ4n) is 1.72. The van der Waals surface area contributed by atoms with Crippen LogP contribution in [0.1, 0.15) is 16.7 Å². The number of benzene rings is 2. The second-order valence-electron chi connectivity index (χ2n) is 4.20. The van der Waals surface area contributed by atoms with Gasteiger partial charge in [0.25, 0.3) is 5.69 Å². The lowest BCUT2D eigenvalue weighted by Gasteiger charge is -2.05. The summed E-state index contributed by atoms with van der Waals surface area (Å²) >= 11 is 3.38. The number of aryl methyl sites for hydroxylation is 1. The van der Waals surface area contributed by atoms with Crippen molar-refractivity contribution in [2.45, 2.75) is 13.3 Å². The molecule has 0 N–H and O–H groups in total. The monoisotopic (exact) mass is 305 g/mol. The Labute approximate surface area is 114 Å². The summed E-state index contributed by atoms with van der Waals surface area (Å²) in [6, 6.07) is 13.1. The van der Waals surface area contributed by atoms with Crippen molar-refractivity contribution in [1.82, 2.24) is 0 Å². The van der Waals surface area contributed by atoms with Gasteiger partial charge in [0.05, 0.1) is 4.92 Å². The average Bonchev–Trinajstić information content (AvgIpc) is 2.34. The van der Waals surface area contributed by atoms with Crippen LogP contribution in [0.5, 0.6) is 0 Å².